The molecule has 17 heavy (non-hydrogen) atoms. The normalized spacial score (nSPS) is 21.5. The molecule has 1 unspecified atom stereocenters. The highest BCUT2D eigenvalue weighted by Gasteiger charge is 2.27. The molecule has 0 amide bonds. The zero-order valence-electron chi connectivity index (χ0n) is 9.26. The number of hydrogen-bond acceptors (Lipinski definition) is 2. The Kier molecular flexibility index (Phi) is 3.69. The van der Waals surface area contributed by atoms with Crippen LogP contribution in [0.25, 0.3) is 0 Å². The van der Waals surface area contributed by atoms with Gasteiger partial charge in [0.2, 0.25) is 0 Å². The zero-order valence-corrected chi connectivity index (χ0v) is 9.26. The number of rotatable bonds is 2. The Balaban J connectivity index is 2.02. The Bertz CT molecular complexity index is 355. The maximum atomic E-state index is 12.2. The van der Waals surface area contributed by atoms with Crippen molar-refractivity contribution in [1.29, 1.82) is 0 Å². The van der Waals surface area contributed by atoms with E-state index in [4.69, 9.17) is 4.74 Å². The zero-order chi connectivity index (χ0) is 12.3. The van der Waals surface area contributed by atoms with Gasteiger partial charge in [-0.25, -0.2) is 0 Å². The van der Waals surface area contributed by atoms with E-state index in [0.29, 0.717) is 13.2 Å². The molecule has 1 aliphatic rings. The molecular weight excluding hydrogens is 231 g/mol. The van der Waals surface area contributed by atoms with Crippen LogP contribution in [0.15, 0.2) is 24.3 Å². The highest BCUT2D eigenvalue weighted by molar-refractivity contribution is 5.25. The van der Waals surface area contributed by atoms with Crippen LogP contribution >= 0.6 is 0 Å². The average molecular weight is 245 g/mol. The first-order valence-corrected chi connectivity index (χ1v) is 5.52. The third-order valence-corrected chi connectivity index (χ3v) is 2.68. The number of alkyl halides is 3. The molecule has 94 valence electrons. The van der Waals surface area contributed by atoms with E-state index < -0.39 is 12.6 Å². The quantitative estimate of drug-likeness (QED) is 0.864. The first-order valence-electron chi connectivity index (χ1n) is 5.52. The summed E-state index contributed by atoms with van der Waals surface area (Å²) in [7, 11) is 0. The number of halogens is 3. The van der Waals surface area contributed by atoms with Gasteiger partial charge in [-0.1, -0.05) is 24.3 Å². The van der Waals surface area contributed by atoms with Crippen molar-refractivity contribution in [3.05, 3.63) is 35.4 Å². The molecule has 2 nitrogen and oxygen atoms in total. The third kappa shape index (κ3) is 3.71. The second-order valence-electron chi connectivity index (χ2n) is 4.10. The maximum Gasteiger partial charge on any atom is 0.393 e. The van der Waals surface area contributed by atoms with Crippen LogP contribution in [0, 0.1) is 0 Å². The van der Waals surface area contributed by atoms with E-state index in [2.05, 4.69) is 5.32 Å². The number of hydrogen-bond donors (Lipinski definition) is 1. The Labute approximate surface area is 97.8 Å². The molecule has 1 aliphatic heterocycles. The predicted molar refractivity (Wildman–Crippen MR) is 57.8 cm³/mol. The molecule has 5 heteroatoms. The summed E-state index contributed by atoms with van der Waals surface area (Å²) >= 11 is 0. The lowest BCUT2D eigenvalue weighted by atomic mass is 10.0. The number of ether oxygens (including phenoxy) is 1. The van der Waals surface area contributed by atoms with Gasteiger partial charge >= 0.3 is 6.18 Å². The van der Waals surface area contributed by atoms with Crippen LogP contribution in [0.3, 0.4) is 0 Å². The van der Waals surface area contributed by atoms with E-state index in [-0.39, 0.29) is 11.7 Å². The summed E-state index contributed by atoms with van der Waals surface area (Å²) in [5.74, 6) is 0. The summed E-state index contributed by atoms with van der Waals surface area (Å²) in [5.41, 5.74) is 1.20. The Hall–Kier alpha value is -1.07. The molecule has 0 aromatic heterocycles. The molecule has 2 rings (SSSR count). The number of morpholine rings is 1. The first-order chi connectivity index (χ1) is 8.04. The topological polar surface area (TPSA) is 21.3 Å². The van der Waals surface area contributed by atoms with Crippen molar-refractivity contribution in [3.63, 3.8) is 0 Å². The molecule has 0 saturated carbocycles. The van der Waals surface area contributed by atoms with Gasteiger partial charge in [0.05, 0.1) is 19.1 Å². The van der Waals surface area contributed by atoms with Gasteiger partial charge < -0.3 is 10.1 Å². The lowest BCUT2D eigenvalue weighted by Crippen LogP contribution is -2.33. The minimum absolute atomic E-state index is 0.0521. The lowest BCUT2D eigenvalue weighted by Gasteiger charge is -2.24. The Morgan fingerprint density at radius 1 is 1.24 bits per heavy atom. The minimum atomic E-state index is -4.15. The Morgan fingerprint density at radius 2 is 1.94 bits per heavy atom. The van der Waals surface area contributed by atoms with Gasteiger partial charge in [0.1, 0.15) is 0 Å². The third-order valence-electron chi connectivity index (χ3n) is 2.68. The fourth-order valence-electron chi connectivity index (χ4n) is 1.86. The Morgan fingerprint density at radius 3 is 2.47 bits per heavy atom. The second kappa shape index (κ2) is 5.06. The molecule has 0 spiro atoms. The van der Waals surface area contributed by atoms with Gasteiger partial charge in [-0.3, -0.25) is 0 Å². The highest BCUT2D eigenvalue weighted by Crippen LogP contribution is 2.23. The van der Waals surface area contributed by atoms with Gasteiger partial charge in [-0.05, 0) is 11.1 Å². The van der Waals surface area contributed by atoms with Gasteiger partial charge in [0, 0.05) is 13.1 Å². The van der Waals surface area contributed by atoms with Crippen molar-refractivity contribution in [3.8, 4) is 0 Å². The molecule has 1 saturated heterocycles. The molecule has 1 aromatic rings. The van der Waals surface area contributed by atoms with E-state index in [9.17, 15) is 13.2 Å². The van der Waals surface area contributed by atoms with Crippen molar-refractivity contribution in [1.82, 2.24) is 5.32 Å². The monoisotopic (exact) mass is 245 g/mol. The van der Waals surface area contributed by atoms with Crippen LogP contribution in [-0.2, 0) is 11.2 Å². The molecule has 1 heterocycles. The summed E-state index contributed by atoms with van der Waals surface area (Å²) < 4.78 is 42.0. The van der Waals surface area contributed by atoms with Gasteiger partial charge in [-0.15, -0.1) is 0 Å². The van der Waals surface area contributed by atoms with Gasteiger partial charge in [-0.2, -0.15) is 13.2 Å². The van der Waals surface area contributed by atoms with Crippen LogP contribution in [0.1, 0.15) is 17.2 Å². The van der Waals surface area contributed by atoms with E-state index >= 15 is 0 Å². The van der Waals surface area contributed by atoms with Gasteiger partial charge in [0.25, 0.3) is 0 Å². The molecule has 1 atom stereocenters. The SMILES string of the molecule is FC(F)(F)Cc1ccc(C2CNCCO2)cc1. The molecule has 0 aliphatic carbocycles. The maximum absolute atomic E-state index is 12.2. The summed E-state index contributed by atoms with van der Waals surface area (Å²) in [4.78, 5) is 0. The van der Waals surface area contributed by atoms with Crippen LogP contribution < -0.4 is 5.32 Å². The lowest BCUT2D eigenvalue weighted by molar-refractivity contribution is -0.127. The highest BCUT2D eigenvalue weighted by atomic mass is 19.4. The molecule has 0 bridgehead atoms. The molecular formula is C12H14F3NO. The number of nitrogens with one attached hydrogen (secondary N) is 1. The standard InChI is InChI=1S/C12H14F3NO/c13-12(14,15)7-9-1-3-10(4-2-9)11-8-16-5-6-17-11/h1-4,11,16H,5-8H2. The van der Waals surface area contributed by atoms with Crippen LogP contribution in [0.5, 0.6) is 0 Å². The largest absolute Gasteiger partial charge is 0.393 e. The molecule has 0 radical (unpaired) electrons. The molecule has 1 fully saturated rings. The molecule has 1 aromatic carbocycles. The van der Waals surface area contributed by atoms with Crippen LogP contribution in [0.2, 0.25) is 0 Å². The summed E-state index contributed by atoms with van der Waals surface area (Å²) in [6, 6.07) is 6.44. The van der Waals surface area contributed by atoms with Crippen molar-refractivity contribution in [2.24, 2.45) is 0 Å². The summed E-state index contributed by atoms with van der Waals surface area (Å²) in [6.07, 6.45) is -5.08. The fraction of sp³-hybridized carbons (Fsp3) is 0.500. The van der Waals surface area contributed by atoms with Crippen LogP contribution in [0.4, 0.5) is 13.2 Å². The number of benzene rings is 1. The van der Waals surface area contributed by atoms with Crippen molar-refractivity contribution in [2.45, 2.75) is 18.7 Å². The molecule has 1 N–H and O–H groups in total. The van der Waals surface area contributed by atoms with Crippen molar-refractivity contribution < 1.29 is 17.9 Å². The fourth-order valence-corrected chi connectivity index (χ4v) is 1.86. The van der Waals surface area contributed by atoms with Crippen molar-refractivity contribution in [2.75, 3.05) is 19.7 Å². The smallest absolute Gasteiger partial charge is 0.371 e. The van der Waals surface area contributed by atoms with Crippen LogP contribution in [-0.4, -0.2) is 25.9 Å². The first kappa shape index (κ1) is 12.4. The van der Waals surface area contributed by atoms with Crippen molar-refractivity contribution >= 4 is 0 Å². The summed E-state index contributed by atoms with van der Waals surface area (Å²) in [6.45, 7) is 2.16. The predicted octanol–water partition coefficient (Wildman–Crippen LogP) is 2.45. The van der Waals surface area contributed by atoms with E-state index in [1.165, 1.54) is 12.1 Å². The van der Waals surface area contributed by atoms with E-state index in [0.717, 1.165) is 12.1 Å². The van der Waals surface area contributed by atoms with E-state index in [1.807, 2.05) is 0 Å². The summed E-state index contributed by atoms with van der Waals surface area (Å²) in [5, 5.41) is 3.18. The van der Waals surface area contributed by atoms with E-state index in [1.54, 1.807) is 12.1 Å². The minimum Gasteiger partial charge on any atom is -0.371 e. The van der Waals surface area contributed by atoms with Gasteiger partial charge in [0.15, 0.2) is 0 Å². The average Bonchev–Trinajstić information content (AvgIpc) is 2.29. The second-order valence-corrected chi connectivity index (χ2v) is 4.10.